The van der Waals surface area contributed by atoms with E-state index in [9.17, 15) is 9.59 Å². The number of hydrogen-bond donors (Lipinski definition) is 0. The SMILES string of the molecule is Cc1cnc(COc2cc3c(C(=O)N4CCCCC4)cc(C(=O)N4CCC(n5cc(C)cn5)CC4)cc3cn2)c(Cl)c1. The zero-order chi connectivity index (χ0) is 29.2. The first kappa shape index (κ1) is 28.2. The predicted molar refractivity (Wildman–Crippen MR) is 161 cm³/mol. The molecule has 0 radical (unpaired) electrons. The van der Waals surface area contributed by atoms with Crippen molar-refractivity contribution in [3.05, 3.63) is 82.0 Å². The fourth-order valence-electron chi connectivity index (χ4n) is 5.84. The number of aromatic nitrogens is 4. The molecular weight excluding hydrogens is 552 g/mol. The van der Waals surface area contributed by atoms with E-state index in [1.807, 2.05) is 46.7 Å². The van der Waals surface area contributed by atoms with Crippen LogP contribution in [0, 0.1) is 13.8 Å². The fraction of sp³-hybridized carbons (Fsp3) is 0.406. The van der Waals surface area contributed by atoms with E-state index in [-0.39, 0.29) is 24.5 Å². The van der Waals surface area contributed by atoms with Gasteiger partial charge in [0, 0.05) is 72.7 Å². The molecule has 0 bridgehead atoms. The van der Waals surface area contributed by atoms with Gasteiger partial charge in [0.25, 0.3) is 11.8 Å². The molecule has 42 heavy (non-hydrogen) atoms. The minimum Gasteiger partial charge on any atom is -0.471 e. The molecular formula is C32H35ClN6O3. The summed E-state index contributed by atoms with van der Waals surface area (Å²) in [7, 11) is 0. The second-order valence-electron chi connectivity index (χ2n) is 11.4. The molecule has 0 N–H and O–H groups in total. The first-order chi connectivity index (χ1) is 20.4. The Morgan fingerprint density at radius 2 is 1.64 bits per heavy atom. The number of halogens is 1. The predicted octanol–water partition coefficient (Wildman–Crippen LogP) is 5.78. The van der Waals surface area contributed by atoms with Crippen molar-refractivity contribution in [3.8, 4) is 5.88 Å². The van der Waals surface area contributed by atoms with Crippen molar-refractivity contribution in [2.24, 2.45) is 0 Å². The van der Waals surface area contributed by atoms with Crippen molar-refractivity contribution in [2.45, 2.75) is 58.6 Å². The zero-order valence-electron chi connectivity index (χ0n) is 24.1. The number of piperidine rings is 2. The number of benzene rings is 1. The average molecular weight is 587 g/mol. The molecule has 5 heterocycles. The van der Waals surface area contributed by atoms with Gasteiger partial charge >= 0.3 is 0 Å². The lowest BCUT2D eigenvalue weighted by atomic mass is 9.98. The molecule has 9 nitrogen and oxygen atoms in total. The van der Waals surface area contributed by atoms with Crippen LogP contribution in [0.5, 0.6) is 5.88 Å². The average Bonchev–Trinajstić information content (AvgIpc) is 3.46. The Hall–Kier alpha value is -3.98. The number of rotatable bonds is 6. The Balaban J connectivity index is 1.27. The van der Waals surface area contributed by atoms with Gasteiger partial charge in [0.15, 0.2) is 0 Å². The molecule has 0 unspecified atom stereocenters. The molecule has 2 amide bonds. The topological polar surface area (TPSA) is 93.5 Å². The van der Waals surface area contributed by atoms with E-state index in [0.717, 1.165) is 48.6 Å². The number of carbonyl (C=O) groups excluding carboxylic acids is 2. The van der Waals surface area contributed by atoms with Crippen LogP contribution in [0.1, 0.15) is 75.7 Å². The number of amides is 2. The Labute approximate surface area is 250 Å². The molecule has 6 rings (SSSR count). The van der Waals surface area contributed by atoms with Gasteiger partial charge in [-0.1, -0.05) is 11.6 Å². The summed E-state index contributed by atoms with van der Waals surface area (Å²) in [6.07, 6.45) is 12.1. The van der Waals surface area contributed by atoms with Gasteiger partial charge in [-0.25, -0.2) is 4.98 Å². The van der Waals surface area contributed by atoms with Gasteiger partial charge in [0.1, 0.15) is 6.61 Å². The van der Waals surface area contributed by atoms with E-state index in [0.29, 0.717) is 59.3 Å². The third kappa shape index (κ3) is 5.97. The van der Waals surface area contributed by atoms with E-state index in [1.165, 1.54) is 0 Å². The molecule has 218 valence electrons. The van der Waals surface area contributed by atoms with Crippen LogP contribution in [-0.2, 0) is 6.61 Å². The molecule has 2 aliphatic heterocycles. The molecule has 0 aliphatic carbocycles. The highest BCUT2D eigenvalue weighted by atomic mass is 35.5. The van der Waals surface area contributed by atoms with Gasteiger partial charge in [0.05, 0.1) is 23.0 Å². The molecule has 4 aromatic rings. The first-order valence-electron chi connectivity index (χ1n) is 14.6. The van der Waals surface area contributed by atoms with Crippen molar-refractivity contribution in [1.82, 2.24) is 29.5 Å². The van der Waals surface area contributed by atoms with Gasteiger partial charge < -0.3 is 14.5 Å². The van der Waals surface area contributed by atoms with Gasteiger partial charge in [-0.3, -0.25) is 19.3 Å². The summed E-state index contributed by atoms with van der Waals surface area (Å²) in [4.78, 5) is 40.2. The van der Waals surface area contributed by atoms with Crippen molar-refractivity contribution in [2.75, 3.05) is 26.2 Å². The van der Waals surface area contributed by atoms with E-state index in [4.69, 9.17) is 16.3 Å². The number of ether oxygens (including phenoxy) is 1. The quantitative estimate of drug-likeness (QED) is 0.284. The van der Waals surface area contributed by atoms with Crippen LogP contribution in [0.2, 0.25) is 5.02 Å². The summed E-state index contributed by atoms with van der Waals surface area (Å²) in [6, 6.07) is 7.49. The van der Waals surface area contributed by atoms with Gasteiger partial charge in [-0.15, -0.1) is 0 Å². The van der Waals surface area contributed by atoms with Crippen LogP contribution in [0.25, 0.3) is 10.8 Å². The maximum atomic E-state index is 13.8. The zero-order valence-corrected chi connectivity index (χ0v) is 24.8. The van der Waals surface area contributed by atoms with E-state index in [1.54, 1.807) is 24.5 Å². The summed E-state index contributed by atoms with van der Waals surface area (Å²) in [6.45, 7) is 6.81. The Bertz CT molecular complexity index is 1620. The number of pyridine rings is 2. The van der Waals surface area contributed by atoms with Crippen molar-refractivity contribution < 1.29 is 14.3 Å². The number of likely N-dealkylation sites (tertiary alicyclic amines) is 2. The van der Waals surface area contributed by atoms with Crippen molar-refractivity contribution in [1.29, 1.82) is 0 Å². The lowest BCUT2D eigenvalue weighted by molar-refractivity contribution is 0.0690. The summed E-state index contributed by atoms with van der Waals surface area (Å²) < 4.78 is 7.97. The molecule has 0 spiro atoms. The highest BCUT2D eigenvalue weighted by molar-refractivity contribution is 6.31. The van der Waals surface area contributed by atoms with Gasteiger partial charge in [0.2, 0.25) is 5.88 Å². The number of nitrogens with zero attached hydrogens (tertiary/aromatic N) is 6. The number of hydrogen-bond acceptors (Lipinski definition) is 6. The molecule has 3 aromatic heterocycles. The van der Waals surface area contributed by atoms with Crippen LogP contribution in [-0.4, -0.2) is 67.5 Å². The molecule has 2 aliphatic rings. The van der Waals surface area contributed by atoms with Gasteiger partial charge in [-0.2, -0.15) is 5.10 Å². The maximum Gasteiger partial charge on any atom is 0.254 e. The summed E-state index contributed by atoms with van der Waals surface area (Å²) in [5.41, 5.74) is 3.71. The lowest BCUT2D eigenvalue weighted by Gasteiger charge is -2.32. The van der Waals surface area contributed by atoms with Crippen molar-refractivity contribution >= 4 is 34.2 Å². The fourth-order valence-corrected chi connectivity index (χ4v) is 6.12. The minimum absolute atomic E-state index is 0.0671. The van der Waals surface area contributed by atoms with Crippen molar-refractivity contribution in [3.63, 3.8) is 0 Å². The third-order valence-corrected chi connectivity index (χ3v) is 8.53. The lowest BCUT2D eigenvalue weighted by Crippen LogP contribution is -2.39. The maximum absolute atomic E-state index is 13.8. The minimum atomic E-state index is -0.0693. The Morgan fingerprint density at radius 1 is 0.881 bits per heavy atom. The molecule has 0 atom stereocenters. The molecule has 1 aromatic carbocycles. The summed E-state index contributed by atoms with van der Waals surface area (Å²) in [5.74, 6) is 0.228. The third-order valence-electron chi connectivity index (χ3n) is 8.20. The molecule has 2 fully saturated rings. The van der Waals surface area contributed by atoms with E-state index >= 15 is 0 Å². The second kappa shape index (κ2) is 12.1. The molecule has 10 heteroatoms. The highest BCUT2D eigenvalue weighted by Gasteiger charge is 2.27. The van der Waals surface area contributed by atoms with E-state index < -0.39 is 0 Å². The highest BCUT2D eigenvalue weighted by Crippen LogP contribution is 2.29. The van der Waals surface area contributed by atoms with Crippen LogP contribution < -0.4 is 4.74 Å². The monoisotopic (exact) mass is 586 g/mol. The Kier molecular flexibility index (Phi) is 8.11. The van der Waals surface area contributed by atoms with Crippen LogP contribution in [0.4, 0.5) is 0 Å². The molecule has 2 saturated heterocycles. The number of carbonyl (C=O) groups is 2. The van der Waals surface area contributed by atoms with Gasteiger partial charge in [-0.05, 0) is 75.3 Å². The number of aryl methyl sites for hydroxylation is 2. The van der Waals surface area contributed by atoms with Crippen LogP contribution in [0.15, 0.2) is 49.1 Å². The smallest absolute Gasteiger partial charge is 0.254 e. The summed E-state index contributed by atoms with van der Waals surface area (Å²) >= 11 is 6.34. The largest absolute Gasteiger partial charge is 0.471 e. The van der Waals surface area contributed by atoms with E-state index in [2.05, 4.69) is 21.3 Å². The normalized spacial score (nSPS) is 16.2. The van der Waals surface area contributed by atoms with Crippen LogP contribution in [0.3, 0.4) is 0 Å². The molecule has 0 saturated carbocycles. The first-order valence-corrected chi connectivity index (χ1v) is 15.0. The van der Waals surface area contributed by atoms with Crippen LogP contribution >= 0.6 is 11.6 Å². The standard InChI is InChI=1S/C32H35ClN6O3/c1-21-12-28(33)29(34-16-21)20-42-30-15-26-24(18-35-30)13-23(14-27(26)32(41)37-8-4-3-5-9-37)31(40)38-10-6-25(7-11-38)39-19-22(2)17-36-39/h12-19,25H,3-11,20H2,1-2H3. The second-order valence-corrected chi connectivity index (χ2v) is 11.8. The Morgan fingerprint density at radius 3 is 2.36 bits per heavy atom. The summed E-state index contributed by atoms with van der Waals surface area (Å²) in [5, 5.41) is 6.43. The number of fused-ring (bicyclic) bond motifs is 1.